The first-order valence-corrected chi connectivity index (χ1v) is 10.1. The van der Waals surface area contributed by atoms with E-state index >= 15 is 0 Å². The van der Waals surface area contributed by atoms with Crippen molar-refractivity contribution in [2.24, 2.45) is 0 Å². The SMILES string of the molecule is CS(=O)(=O)c1cc(C(=O)Nc2nc3ccc(Cl)cc3s2)cc([N+](=O)[O-])c1. The number of carbonyl (C=O) groups excluding carboxylic acids is 1. The van der Waals surface area contributed by atoms with Crippen LogP contribution in [0.1, 0.15) is 10.4 Å². The van der Waals surface area contributed by atoms with Gasteiger partial charge in [-0.15, -0.1) is 0 Å². The van der Waals surface area contributed by atoms with Crippen molar-refractivity contribution < 1.29 is 18.1 Å². The van der Waals surface area contributed by atoms with Gasteiger partial charge in [0.05, 0.1) is 20.0 Å². The van der Waals surface area contributed by atoms with Gasteiger partial charge in [-0.3, -0.25) is 20.2 Å². The Morgan fingerprint density at radius 3 is 2.65 bits per heavy atom. The fraction of sp³-hybridized carbons (Fsp3) is 0.0667. The van der Waals surface area contributed by atoms with E-state index in [1.807, 2.05) is 0 Å². The number of amides is 1. The van der Waals surface area contributed by atoms with Crippen LogP contribution >= 0.6 is 22.9 Å². The molecule has 1 N–H and O–H groups in total. The molecule has 0 bridgehead atoms. The van der Waals surface area contributed by atoms with Crippen LogP contribution < -0.4 is 5.32 Å². The maximum atomic E-state index is 12.4. The second-order valence-corrected chi connectivity index (χ2v) is 8.81. The number of nitrogens with zero attached hydrogens (tertiary/aromatic N) is 2. The summed E-state index contributed by atoms with van der Waals surface area (Å²) in [7, 11) is -3.73. The Labute approximate surface area is 156 Å². The monoisotopic (exact) mass is 411 g/mol. The number of carbonyl (C=O) groups is 1. The minimum atomic E-state index is -3.73. The normalized spacial score (nSPS) is 11.5. The number of benzene rings is 2. The molecule has 1 amide bonds. The molecule has 0 aliphatic carbocycles. The van der Waals surface area contributed by atoms with Crippen molar-refractivity contribution in [2.75, 3.05) is 11.6 Å². The van der Waals surface area contributed by atoms with E-state index < -0.39 is 26.4 Å². The molecule has 26 heavy (non-hydrogen) atoms. The van der Waals surface area contributed by atoms with E-state index in [0.29, 0.717) is 10.5 Å². The molecule has 134 valence electrons. The van der Waals surface area contributed by atoms with E-state index in [-0.39, 0.29) is 15.6 Å². The highest BCUT2D eigenvalue weighted by atomic mass is 35.5. The van der Waals surface area contributed by atoms with E-state index in [4.69, 9.17) is 11.6 Å². The van der Waals surface area contributed by atoms with Gasteiger partial charge in [0.1, 0.15) is 0 Å². The quantitative estimate of drug-likeness (QED) is 0.518. The van der Waals surface area contributed by atoms with Crippen molar-refractivity contribution in [3.05, 3.63) is 57.1 Å². The number of hydrogen-bond donors (Lipinski definition) is 1. The number of nitrogens with one attached hydrogen (secondary N) is 1. The molecule has 0 saturated carbocycles. The lowest BCUT2D eigenvalue weighted by atomic mass is 10.2. The van der Waals surface area contributed by atoms with Crippen LogP contribution in [0.4, 0.5) is 10.8 Å². The average molecular weight is 412 g/mol. The van der Waals surface area contributed by atoms with Crippen molar-refractivity contribution >= 4 is 59.7 Å². The molecule has 8 nitrogen and oxygen atoms in total. The predicted molar refractivity (Wildman–Crippen MR) is 98.8 cm³/mol. The Morgan fingerprint density at radius 1 is 1.27 bits per heavy atom. The fourth-order valence-corrected chi connectivity index (χ4v) is 3.97. The van der Waals surface area contributed by atoms with Gasteiger partial charge in [0.25, 0.3) is 11.6 Å². The highest BCUT2D eigenvalue weighted by Gasteiger charge is 2.20. The Kier molecular flexibility index (Phi) is 4.65. The first kappa shape index (κ1) is 18.2. The van der Waals surface area contributed by atoms with Gasteiger partial charge in [0, 0.05) is 29.0 Å². The number of hydrogen-bond acceptors (Lipinski definition) is 7. The molecule has 1 aromatic heterocycles. The van der Waals surface area contributed by atoms with Gasteiger partial charge in [0.15, 0.2) is 15.0 Å². The number of thiazole rings is 1. The third kappa shape index (κ3) is 3.82. The molecule has 2 aromatic carbocycles. The van der Waals surface area contributed by atoms with Gasteiger partial charge in [-0.2, -0.15) is 0 Å². The first-order valence-electron chi connectivity index (χ1n) is 7.00. The number of rotatable bonds is 4. The summed E-state index contributed by atoms with van der Waals surface area (Å²) in [4.78, 5) is 26.6. The Hall–Kier alpha value is -2.56. The van der Waals surface area contributed by atoms with Crippen molar-refractivity contribution in [1.29, 1.82) is 0 Å². The summed E-state index contributed by atoms with van der Waals surface area (Å²) in [6.07, 6.45) is 0.908. The molecule has 3 aromatic rings. The van der Waals surface area contributed by atoms with E-state index in [2.05, 4.69) is 10.3 Å². The number of sulfone groups is 1. The largest absolute Gasteiger partial charge is 0.298 e. The lowest BCUT2D eigenvalue weighted by molar-refractivity contribution is -0.385. The lowest BCUT2D eigenvalue weighted by Gasteiger charge is -2.04. The van der Waals surface area contributed by atoms with Crippen LogP contribution in [0.5, 0.6) is 0 Å². The second-order valence-electron chi connectivity index (χ2n) is 5.33. The Balaban J connectivity index is 1.98. The highest BCUT2D eigenvalue weighted by molar-refractivity contribution is 7.90. The predicted octanol–water partition coefficient (Wildman–Crippen LogP) is 3.51. The molecule has 11 heteroatoms. The van der Waals surface area contributed by atoms with E-state index in [9.17, 15) is 23.3 Å². The summed E-state index contributed by atoms with van der Waals surface area (Å²) in [5.74, 6) is -0.705. The molecule has 0 fully saturated rings. The number of non-ortho nitro benzene ring substituents is 1. The van der Waals surface area contributed by atoms with Crippen LogP contribution in [-0.2, 0) is 9.84 Å². The molecular formula is C15H10ClN3O5S2. The average Bonchev–Trinajstić information content (AvgIpc) is 2.94. The van der Waals surface area contributed by atoms with Crippen molar-refractivity contribution in [2.45, 2.75) is 4.90 Å². The molecule has 3 rings (SSSR count). The Bertz CT molecular complexity index is 1160. The van der Waals surface area contributed by atoms with Gasteiger partial charge >= 0.3 is 0 Å². The Morgan fingerprint density at radius 2 is 2.00 bits per heavy atom. The molecule has 0 atom stereocenters. The van der Waals surface area contributed by atoms with Crippen molar-refractivity contribution in [1.82, 2.24) is 4.98 Å². The van der Waals surface area contributed by atoms with Crippen LogP contribution in [0.2, 0.25) is 5.02 Å². The van der Waals surface area contributed by atoms with E-state index in [1.165, 1.54) is 11.3 Å². The van der Waals surface area contributed by atoms with Crippen LogP contribution in [0.25, 0.3) is 10.2 Å². The van der Waals surface area contributed by atoms with Crippen LogP contribution in [0.3, 0.4) is 0 Å². The zero-order chi connectivity index (χ0) is 19.1. The summed E-state index contributed by atoms with van der Waals surface area (Å²) in [6, 6.07) is 8.05. The van der Waals surface area contributed by atoms with Crippen LogP contribution in [-0.4, -0.2) is 30.5 Å². The third-order valence-corrected chi connectivity index (χ3v) is 5.62. The summed E-state index contributed by atoms with van der Waals surface area (Å²) in [5.41, 5.74) is -0.0170. The molecule has 1 heterocycles. The molecule has 0 radical (unpaired) electrons. The number of anilines is 1. The third-order valence-electron chi connectivity index (χ3n) is 3.36. The number of nitro groups is 1. The summed E-state index contributed by atoms with van der Waals surface area (Å²) < 4.78 is 24.2. The van der Waals surface area contributed by atoms with Crippen LogP contribution in [0, 0.1) is 10.1 Å². The maximum Gasteiger partial charge on any atom is 0.271 e. The van der Waals surface area contributed by atoms with Crippen molar-refractivity contribution in [3.63, 3.8) is 0 Å². The zero-order valence-corrected chi connectivity index (χ0v) is 15.5. The molecule has 0 spiro atoms. The van der Waals surface area contributed by atoms with Gasteiger partial charge in [-0.1, -0.05) is 22.9 Å². The minimum Gasteiger partial charge on any atom is -0.298 e. The van der Waals surface area contributed by atoms with Crippen LogP contribution in [0.15, 0.2) is 41.3 Å². The standard InChI is InChI=1S/C15H10ClN3O5S2/c1-26(23,24)11-5-8(4-10(7-11)19(21)22)14(20)18-15-17-12-3-2-9(16)6-13(12)25-15/h2-7H,1H3,(H,17,18,20). The van der Waals surface area contributed by atoms with Crippen molar-refractivity contribution in [3.8, 4) is 0 Å². The fourth-order valence-electron chi connectivity index (χ4n) is 2.16. The number of aromatic nitrogens is 1. The first-order chi connectivity index (χ1) is 12.1. The molecule has 0 saturated heterocycles. The number of fused-ring (bicyclic) bond motifs is 1. The molecule has 0 unspecified atom stereocenters. The van der Waals surface area contributed by atoms with Gasteiger partial charge in [-0.25, -0.2) is 13.4 Å². The summed E-state index contributed by atoms with van der Waals surface area (Å²) in [5, 5.41) is 14.3. The number of nitro benzene ring substituents is 1. The summed E-state index contributed by atoms with van der Waals surface area (Å²) in [6.45, 7) is 0. The summed E-state index contributed by atoms with van der Waals surface area (Å²) >= 11 is 7.08. The van der Waals surface area contributed by atoms with E-state index in [1.54, 1.807) is 18.2 Å². The van der Waals surface area contributed by atoms with E-state index in [0.717, 1.165) is 29.2 Å². The zero-order valence-electron chi connectivity index (χ0n) is 13.1. The molecule has 0 aliphatic rings. The highest BCUT2D eigenvalue weighted by Crippen LogP contribution is 2.29. The van der Waals surface area contributed by atoms with Gasteiger partial charge in [0.2, 0.25) is 0 Å². The second kappa shape index (κ2) is 6.63. The van der Waals surface area contributed by atoms with Gasteiger partial charge < -0.3 is 0 Å². The molecule has 0 aliphatic heterocycles. The molecular weight excluding hydrogens is 402 g/mol. The number of halogens is 1. The minimum absolute atomic E-state index is 0.156. The topological polar surface area (TPSA) is 119 Å². The smallest absolute Gasteiger partial charge is 0.271 e. The van der Waals surface area contributed by atoms with Gasteiger partial charge in [-0.05, 0) is 24.3 Å². The lowest BCUT2D eigenvalue weighted by Crippen LogP contribution is -2.13. The maximum absolute atomic E-state index is 12.4.